The molecule has 92 valence electrons. The molecule has 0 radical (unpaired) electrons. The van der Waals surface area contributed by atoms with Crippen molar-refractivity contribution in [2.75, 3.05) is 6.61 Å². The molecule has 0 amide bonds. The summed E-state index contributed by atoms with van der Waals surface area (Å²) in [7, 11) is 0. The Morgan fingerprint density at radius 3 is 2.94 bits per heavy atom. The summed E-state index contributed by atoms with van der Waals surface area (Å²) in [5.41, 5.74) is 1.94. The molecule has 2 aromatic rings. The Labute approximate surface area is 116 Å². The van der Waals surface area contributed by atoms with Crippen molar-refractivity contribution in [2.45, 2.75) is 6.42 Å². The first kappa shape index (κ1) is 11.7. The van der Waals surface area contributed by atoms with E-state index in [2.05, 4.69) is 15.9 Å². The fourth-order valence-electron chi connectivity index (χ4n) is 2.04. The first-order chi connectivity index (χ1) is 8.65. The minimum absolute atomic E-state index is 0.382. The Morgan fingerprint density at radius 2 is 2.17 bits per heavy atom. The lowest BCUT2D eigenvalue weighted by Crippen LogP contribution is -1.97. The molecule has 0 atom stereocenters. The van der Waals surface area contributed by atoms with Gasteiger partial charge in [0.15, 0.2) is 0 Å². The fourth-order valence-corrected chi connectivity index (χ4v) is 3.39. The third kappa shape index (κ3) is 1.93. The van der Waals surface area contributed by atoms with Crippen molar-refractivity contribution < 1.29 is 14.6 Å². The standard InChI is InChI=1S/C13H9BrO3S/c14-7-1-2-10-8(5-7)9-6-12(13(15)16)18-11(9)3-4-17-10/h1-2,5-6H,3-4H2,(H,15,16). The number of halogens is 1. The fraction of sp³-hybridized carbons (Fsp3) is 0.154. The van der Waals surface area contributed by atoms with Gasteiger partial charge in [0.2, 0.25) is 0 Å². The molecule has 1 N–H and O–H groups in total. The predicted molar refractivity (Wildman–Crippen MR) is 73.6 cm³/mol. The predicted octanol–water partition coefficient (Wildman–Crippen LogP) is 3.81. The highest BCUT2D eigenvalue weighted by molar-refractivity contribution is 9.10. The van der Waals surface area contributed by atoms with E-state index in [0.29, 0.717) is 11.5 Å². The molecular formula is C13H9BrO3S. The number of carbonyl (C=O) groups is 1. The van der Waals surface area contributed by atoms with E-state index in [-0.39, 0.29) is 0 Å². The van der Waals surface area contributed by atoms with Gasteiger partial charge in [-0.25, -0.2) is 4.79 Å². The second-order valence-electron chi connectivity index (χ2n) is 3.99. The van der Waals surface area contributed by atoms with Crippen LogP contribution in [0.1, 0.15) is 14.5 Å². The molecule has 3 nitrogen and oxygen atoms in total. The van der Waals surface area contributed by atoms with E-state index >= 15 is 0 Å². The van der Waals surface area contributed by atoms with Crippen molar-refractivity contribution in [3.05, 3.63) is 38.5 Å². The number of hydrogen-bond acceptors (Lipinski definition) is 3. The maximum Gasteiger partial charge on any atom is 0.345 e. The summed E-state index contributed by atoms with van der Waals surface area (Å²) in [6, 6.07) is 7.54. The molecule has 0 fully saturated rings. The van der Waals surface area contributed by atoms with E-state index in [4.69, 9.17) is 9.84 Å². The summed E-state index contributed by atoms with van der Waals surface area (Å²) in [5, 5.41) is 9.08. The lowest BCUT2D eigenvalue weighted by molar-refractivity contribution is 0.0702. The van der Waals surface area contributed by atoms with Gasteiger partial charge in [-0.1, -0.05) is 15.9 Å². The number of rotatable bonds is 1. The van der Waals surface area contributed by atoms with Gasteiger partial charge in [-0.2, -0.15) is 0 Å². The van der Waals surface area contributed by atoms with Crippen LogP contribution in [0.4, 0.5) is 0 Å². The largest absolute Gasteiger partial charge is 0.493 e. The molecule has 1 aromatic carbocycles. The second kappa shape index (κ2) is 4.40. The quantitative estimate of drug-likeness (QED) is 0.867. The van der Waals surface area contributed by atoms with Crippen LogP contribution in [0.3, 0.4) is 0 Å². The zero-order chi connectivity index (χ0) is 12.7. The number of carboxylic acids is 1. The van der Waals surface area contributed by atoms with E-state index in [1.165, 1.54) is 11.3 Å². The lowest BCUT2D eigenvalue weighted by atomic mass is 10.0. The van der Waals surface area contributed by atoms with Crippen LogP contribution in [-0.2, 0) is 6.42 Å². The van der Waals surface area contributed by atoms with Crippen LogP contribution in [0, 0.1) is 0 Å². The van der Waals surface area contributed by atoms with Crippen molar-refractivity contribution in [1.29, 1.82) is 0 Å². The van der Waals surface area contributed by atoms with Crippen molar-refractivity contribution in [3.63, 3.8) is 0 Å². The monoisotopic (exact) mass is 324 g/mol. The average molecular weight is 325 g/mol. The normalized spacial score (nSPS) is 13.2. The van der Waals surface area contributed by atoms with Gasteiger partial charge in [-0.3, -0.25) is 0 Å². The maximum atomic E-state index is 11.1. The lowest BCUT2D eigenvalue weighted by Gasteiger charge is -2.07. The highest BCUT2D eigenvalue weighted by Crippen LogP contribution is 2.40. The molecule has 2 heterocycles. The van der Waals surface area contributed by atoms with Gasteiger partial charge in [0.25, 0.3) is 0 Å². The molecule has 0 unspecified atom stereocenters. The Bertz CT molecular complexity index is 633. The number of fused-ring (bicyclic) bond motifs is 3. The maximum absolute atomic E-state index is 11.1. The van der Waals surface area contributed by atoms with E-state index in [9.17, 15) is 4.79 Å². The van der Waals surface area contributed by atoms with Crippen molar-refractivity contribution in [2.24, 2.45) is 0 Å². The summed E-state index contributed by atoms with van der Waals surface area (Å²) >= 11 is 4.77. The van der Waals surface area contributed by atoms with Crippen LogP contribution in [-0.4, -0.2) is 17.7 Å². The van der Waals surface area contributed by atoms with Gasteiger partial charge < -0.3 is 9.84 Å². The molecule has 0 saturated carbocycles. The van der Waals surface area contributed by atoms with Crippen LogP contribution in [0.25, 0.3) is 11.1 Å². The summed E-state index contributed by atoms with van der Waals surface area (Å²) in [4.78, 5) is 12.5. The Hall–Kier alpha value is -1.33. The van der Waals surface area contributed by atoms with Crippen molar-refractivity contribution in [1.82, 2.24) is 0 Å². The molecule has 5 heteroatoms. The molecule has 0 saturated heterocycles. The summed E-state index contributed by atoms with van der Waals surface area (Å²) in [5.74, 6) is -0.0581. The molecular weight excluding hydrogens is 316 g/mol. The number of benzene rings is 1. The van der Waals surface area contributed by atoms with Gasteiger partial charge in [0.05, 0.1) is 6.61 Å². The number of hydrogen-bond donors (Lipinski definition) is 1. The van der Waals surface area contributed by atoms with Gasteiger partial charge in [0.1, 0.15) is 10.6 Å². The van der Waals surface area contributed by atoms with E-state index < -0.39 is 5.97 Å². The average Bonchev–Trinajstić information content (AvgIpc) is 2.68. The first-order valence-electron chi connectivity index (χ1n) is 5.44. The molecule has 0 spiro atoms. The van der Waals surface area contributed by atoms with Crippen molar-refractivity contribution in [3.8, 4) is 16.9 Å². The zero-order valence-corrected chi connectivity index (χ0v) is 11.7. The minimum atomic E-state index is -0.870. The van der Waals surface area contributed by atoms with Crippen LogP contribution >= 0.6 is 27.3 Å². The molecule has 18 heavy (non-hydrogen) atoms. The Balaban J connectivity index is 2.22. The SMILES string of the molecule is O=C(O)c1cc2c(s1)CCOc1ccc(Br)cc1-2. The van der Waals surface area contributed by atoms with Gasteiger partial charge in [0, 0.05) is 26.9 Å². The Morgan fingerprint density at radius 1 is 1.33 bits per heavy atom. The van der Waals surface area contributed by atoms with Gasteiger partial charge in [-0.15, -0.1) is 11.3 Å². The highest BCUT2D eigenvalue weighted by atomic mass is 79.9. The van der Waals surface area contributed by atoms with Crippen LogP contribution < -0.4 is 4.74 Å². The third-order valence-electron chi connectivity index (χ3n) is 2.84. The smallest absolute Gasteiger partial charge is 0.345 e. The zero-order valence-electron chi connectivity index (χ0n) is 9.27. The Kier molecular flexibility index (Phi) is 2.87. The van der Waals surface area contributed by atoms with E-state index in [1.807, 2.05) is 18.2 Å². The summed E-state index contributed by atoms with van der Waals surface area (Å²) in [6.07, 6.45) is 0.750. The first-order valence-corrected chi connectivity index (χ1v) is 7.05. The number of thiophene rings is 1. The topological polar surface area (TPSA) is 46.5 Å². The minimum Gasteiger partial charge on any atom is -0.493 e. The molecule has 1 aromatic heterocycles. The van der Waals surface area contributed by atoms with E-state index in [1.54, 1.807) is 6.07 Å². The molecule has 0 bridgehead atoms. The van der Waals surface area contributed by atoms with Crippen LogP contribution in [0.15, 0.2) is 28.7 Å². The molecule has 1 aliphatic rings. The summed E-state index contributed by atoms with van der Waals surface area (Å²) in [6.45, 7) is 0.585. The van der Waals surface area contributed by atoms with Crippen molar-refractivity contribution >= 4 is 33.2 Å². The van der Waals surface area contributed by atoms with E-state index in [0.717, 1.165) is 32.6 Å². The molecule has 3 rings (SSSR count). The second-order valence-corrected chi connectivity index (χ2v) is 6.04. The molecule has 1 aliphatic heterocycles. The van der Waals surface area contributed by atoms with Gasteiger partial charge >= 0.3 is 5.97 Å². The number of aromatic carboxylic acids is 1. The number of ether oxygens (including phenoxy) is 1. The number of carboxylic acid groups (broad SMARTS) is 1. The molecule has 0 aliphatic carbocycles. The summed E-state index contributed by atoms with van der Waals surface area (Å²) < 4.78 is 6.64. The van der Waals surface area contributed by atoms with Gasteiger partial charge in [-0.05, 0) is 24.3 Å². The highest BCUT2D eigenvalue weighted by Gasteiger charge is 2.20. The third-order valence-corrected chi connectivity index (χ3v) is 4.51. The van der Waals surface area contributed by atoms with Crippen LogP contribution in [0.5, 0.6) is 5.75 Å². The van der Waals surface area contributed by atoms with Crippen LogP contribution in [0.2, 0.25) is 0 Å².